The molecule has 0 atom stereocenters. The van der Waals surface area contributed by atoms with Gasteiger partial charge in [-0.25, -0.2) is 0 Å². The lowest BCUT2D eigenvalue weighted by atomic mass is 10.2. The first kappa shape index (κ1) is 20.7. The van der Waals surface area contributed by atoms with Crippen LogP contribution in [0.3, 0.4) is 0 Å². The molecular formula is C17H14F2N4O4S2. The number of alkyl halides is 2. The van der Waals surface area contributed by atoms with Gasteiger partial charge < -0.3 is 14.5 Å². The van der Waals surface area contributed by atoms with Crippen LogP contribution in [0.1, 0.15) is 16.1 Å². The Labute approximate surface area is 171 Å². The molecule has 0 aliphatic carbocycles. The Morgan fingerprint density at radius 3 is 2.69 bits per heavy atom. The van der Waals surface area contributed by atoms with E-state index >= 15 is 0 Å². The molecule has 0 fully saturated rings. The molecule has 2 aromatic heterocycles. The van der Waals surface area contributed by atoms with Crippen molar-refractivity contribution in [1.29, 1.82) is 0 Å². The number of carbonyl (C=O) groups is 2. The van der Waals surface area contributed by atoms with Crippen molar-refractivity contribution in [2.75, 3.05) is 11.1 Å². The number of furan rings is 1. The summed E-state index contributed by atoms with van der Waals surface area (Å²) in [7, 11) is 0. The highest BCUT2D eigenvalue weighted by Crippen LogP contribution is 2.25. The molecule has 0 unspecified atom stereocenters. The number of imide groups is 1. The first-order valence-corrected chi connectivity index (χ1v) is 9.91. The number of nitrogens with one attached hydrogen (secondary N) is 2. The summed E-state index contributed by atoms with van der Waals surface area (Å²) in [6.07, 6.45) is 1.57. The average Bonchev–Trinajstić information content (AvgIpc) is 3.36. The van der Waals surface area contributed by atoms with Gasteiger partial charge in [0.2, 0.25) is 11.0 Å². The van der Waals surface area contributed by atoms with Gasteiger partial charge in [0.25, 0.3) is 5.91 Å². The Bertz CT molecular complexity index is 949. The quantitative estimate of drug-likeness (QED) is 0.488. The molecule has 0 saturated carbocycles. The number of halogens is 2. The number of rotatable bonds is 9. The second kappa shape index (κ2) is 9.98. The third kappa shape index (κ3) is 6.54. The van der Waals surface area contributed by atoms with Gasteiger partial charge in [0.15, 0.2) is 4.34 Å². The number of hydrogen-bond donors (Lipinski definition) is 2. The van der Waals surface area contributed by atoms with Crippen LogP contribution in [0.15, 0.2) is 51.4 Å². The van der Waals surface area contributed by atoms with E-state index in [1.807, 2.05) is 6.07 Å². The van der Waals surface area contributed by atoms with E-state index in [1.165, 1.54) is 35.6 Å². The summed E-state index contributed by atoms with van der Waals surface area (Å²) in [5.74, 6) is -0.525. The molecule has 0 aliphatic heterocycles. The van der Waals surface area contributed by atoms with Gasteiger partial charge in [-0.05, 0) is 36.4 Å². The minimum absolute atomic E-state index is 0.0366. The lowest BCUT2D eigenvalue weighted by Gasteiger charge is -2.06. The molecule has 29 heavy (non-hydrogen) atoms. The summed E-state index contributed by atoms with van der Waals surface area (Å²) in [5, 5.41) is 13.8. The third-order valence-corrected chi connectivity index (χ3v) is 5.34. The maximum absolute atomic E-state index is 12.1. The topological polar surface area (TPSA) is 106 Å². The second-order valence-corrected chi connectivity index (χ2v) is 7.57. The smallest absolute Gasteiger partial charge is 0.387 e. The van der Waals surface area contributed by atoms with Crippen LogP contribution in [0.5, 0.6) is 5.75 Å². The molecule has 0 saturated heterocycles. The number of thioether (sulfide) groups is 1. The second-order valence-electron chi connectivity index (χ2n) is 5.37. The van der Waals surface area contributed by atoms with Crippen LogP contribution in [0.4, 0.5) is 13.9 Å². The van der Waals surface area contributed by atoms with Gasteiger partial charge in [0.1, 0.15) is 11.5 Å². The molecule has 3 rings (SSSR count). The molecule has 0 spiro atoms. The molecular weight excluding hydrogens is 426 g/mol. The van der Waals surface area contributed by atoms with Gasteiger partial charge in [-0.15, -0.1) is 10.2 Å². The SMILES string of the molecule is O=C(CSc1nnc(NCc2ccco2)s1)NC(=O)c1ccc(OC(F)F)cc1. The Hall–Kier alpha value is -2.99. The Morgan fingerprint density at radius 1 is 1.21 bits per heavy atom. The van der Waals surface area contributed by atoms with E-state index in [0.29, 0.717) is 16.0 Å². The number of hydrogen-bond acceptors (Lipinski definition) is 9. The average molecular weight is 440 g/mol. The highest BCUT2D eigenvalue weighted by atomic mass is 32.2. The van der Waals surface area contributed by atoms with Gasteiger partial charge in [-0.3, -0.25) is 14.9 Å². The fourth-order valence-electron chi connectivity index (χ4n) is 2.07. The fourth-order valence-corrected chi connectivity index (χ4v) is 3.61. The molecule has 0 radical (unpaired) electrons. The van der Waals surface area contributed by atoms with Gasteiger partial charge in [-0.1, -0.05) is 23.1 Å². The maximum Gasteiger partial charge on any atom is 0.387 e. The van der Waals surface area contributed by atoms with Crippen molar-refractivity contribution >= 4 is 40.0 Å². The standard InChI is InChI=1S/C17H14F2N4O4S2/c18-15(19)27-11-5-3-10(4-6-11)14(25)21-13(24)9-28-17-23-22-16(29-17)20-8-12-2-1-7-26-12/h1-7,15H,8-9H2,(H,20,22)(H,21,24,25). The molecule has 152 valence electrons. The number of carbonyl (C=O) groups excluding carboxylic acids is 2. The zero-order valence-corrected chi connectivity index (χ0v) is 16.3. The van der Waals surface area contributed by atoms with Gasteiger partial charge >= 0.3 is 6.61 Å². The molecule has 2 heterocycles. The van der Waals surface area contributed by atoms with Crippen molar-refractivity contribution in [2.45, 2.75) is 17.5 Å². The minimum atomic E-state index is -2.95. The summed E-state index contributed by atoms with van der Waals surface area (Å²) in [6.45, 7) is -2.49. The molecule has 3 aromatic rings. The predicted octanol–water partition coefficient (Wildman–Crippen LogP) is 3.39. The number of aromatic nitrogens is 2. The van der Waals surface area contributed by atoms with Crippen LogP contribution >= 0.6 is 23.1 Å². The van der Waals surface area contributed by atoms with Crippen LogP contribution in [0.2, 0.25) is 0 Å². The number of benzene rings is 1. The van der Waals surface area contributed by atoms with Crippen molar-refractivity contribution in [2.24, 2.45) is 0 Å². The normalized spacial score (nSPS) is 10.7. The summed E-state index contributed by atoms with van der Waals surface area (Å²) < 4.78 is 34.2. The zero-order chi connectivity index (χ0) is 20.6. The molecule has 0 bridgehead atoms. The molecule has 8 nitrogen and oxygen atoms in total. The highest BCUT2D eigenvalue weighted by molar-refractivity contribution is 8.01. The van der Waals surface area contributed by atoms with Crippen LogP contribution < -0.4 is 15.4 Å². The Morgan fingerprint density at radius 2 is 2.00 bits per heavy atom. The van der Waals surface area contributed by atoms with Crippen LogP contribution in [-0.4, -0.2) is 34.4 Å². The monoisotopic (exact) mass is 440 g/mol. The molecule has 2 N–H and O–H groups in total. The van der Waals surface area contributed by atoms with Crippen LogP contribution in [0.25, 0.3) is 0 Å². The number of anilines is 1. The van der Waals surface area contributed by atoms with Gasteiger partial charge in [0.05, 0.1) is 18.6 Å². The number of ether oxygens (including phenoxy) is 1. The Kier molecular flexibility index (Phi) is 7.14. The van der Waals surface area contributed by atoms with E-state index in [4.69, 9.17) is 4.42 Å². The first-order chi connectivity index (χ1) is 14.0. The summed E-state index contributed by atoms with van der Waals surface area (Å²) >= 11 is 2.40. The van der Waals surface area contributed by atoms with E-state index in [1.54, 1.807) is 12.3 Å². The van der Waals surface area contributed by atoms with Crippen LogP contribution in [0, 0.1) is 0 Å². The lowest BCUT2D eigenvalue weighted by molar-refractivity contribution is -0.117. The number of amides is 2. The minimum Gasteiger partial charge on any atom is -0.467 e. The van der Waals surface area contributed by atoms with Crippen molar-refractivity contribution < 1.29 is 27.5 Å². The molecule has 1 aromatic carbocycles. The lowest BCUT2D eigenvalue weighted by Crippen LogP contribution is -2.31. The first-order valence-electron chi connectivity index (χ1n) is 8.11. The van der Waals surface area contributed by atoms with E-state index in [9.17, 15) is 18.4 Å². The Balaban J connectivity index is 1.43. The summed E-state index contributed by atoms with van der Waals surface area (Å²) in [5.41, 5.74) is 0.144. The molecule has 2 amide bonds. The van der Waals surface area contributed by atoms with Crippen molar-refractivity contribution in [1.82, 2.24) is 15.5 Å². The van der Waals surface area contributed by atoms with Gasteiger partial charge in [0, 0.05) is 5.56 Å². The number of nitrogens with zero attached hydrogens (tertiary/aromatic N) is 2. The molecule has 0 aliphatic rings. The van der Waals surface area contributed by atoms with E-state index in [0.717, 1.165) is 17.5 Å². The highest BCUT2D eigenvalue weighted by Gasteiger charge is 2.13. The van der Waals surface area contributed by atoms with Crippen LogP contribution in [-0.2, 0) is 11.3 Å². The predicted molar refractivity (Wildman–Crippen MR) is 102 cm³/mol. The summed E-state index contributed by atoms with van der Waals surface area (Å²) in [6, 6.07) is 8.62. The van der Waals surface area contributed by atoms with E-state index < -0.39 is 18.4 Å². The zero-order valence-electron chi connectivity index (χ0n) is 14.6. The van der Waals surface area contributed by atoms with E-state index in [2.05, 4.69) is 25.6 Å². The van der Waals surface area contributed by atoms with E-state index in [-0.39, 0.29) is 17.1 Å². The van der Waals surface area contributed by atoms with Gasteiger partial charge in [-0.2, -0.15) is 8.78 Å². The van der Waals surface area contributed by atoms with Crippen molar-refractivity contribution in [3.63, 3.8) is 0 Å². The van der Waals surface area contributed by atoms with Crippen molar-refractivity contribution in [3.8, 4) is 5.75 Å². The summed E-state index contributed by atoms with van der Waals surface area (Å²) in [4.78, 5) is 24.0. The van der Waals surface area contributed by atoms with Crippen molar-refractivity contribution in [3.05, 3.63) is 54.0 Å². The maximum atomic E-state index is 12.1. The largest absolute Gasteiger partial charge is 0.467 e. The third-order valence-electron chi connectivity index (χ3n) is 3.32. The fraction of sp³-hybridized carbons (Fsp3) is 0.176. The molecule has 12 heteroatoms.